The van der Waals surface area contributed by atoms with Crippen LogP contribution in [0.25, 0.3) is 0 Å². The van der Waals surface area contributed by atoms with Crippen LogP contribution in [0.2, 0.25) is 0 Å². The van der Waals surface area contributed by atoms with Crippen molar-refractivity contribution in [1.82, 2.24) is 5.32 Å². The number of methoxy groups -OCH3 is 1. The summed E-state index contributed by atoms with van der Waals surface area (Å²) in [6.07, 6.45) is 8.99. The van der Waals surface area contributed by atoms with E-state index in [1.165, 1.54) is 70.7 Å². The molecule has 1 aromatic rings. The highest BCUT2D eigenvalue weighted by Gasteiger charge is 2.39. The fraction of sp³-hybridized carbons (Fsp3) is 0.696. The second-order valence-corrected chi connectivity index (χ2v) is 8.79. The zero-order valence-electron chi connectivity index (χ0n) is 16.3. The normalized spacial score (nSPS) is 26.0. The molecule has 3 aliphatic rings. The number of nitrogens with one attached hydrogen (secondary N) is 1. The lowest BCUT2D eigenvalue weighted by molar-refractivity contribution is -0.145. The first kappa shape index (κ1) is 18.0. The molecule has 1 aromatic carbocycles. The standard InChI is InChI=1S/C23H33NO2/c1-15(23(25)26-2)22(18-5-6-18)20-8-4-16-3-7-19(13-21(16)14-20)17-9-11-24-12-10-17/h4,8,14-15,17-19,22,24H,3,5-7,9-13H2,1-2H3/t15-,19?,22-/m0/s1. The van der Waals surface area contributed by atoms with Crippen LogP contribution < -0.4 is 5.32 Å². The van der Waals surface area contributed by atoms with Crippen LogP contribution in [0.5, 0.6) is 0 Å². The van der Waals surface area contributed by atoms with Crippen molar-refractivity contribution in [3.05, 3.63) is 34.9 Å². The zero-order chi connectivity index (χ0) is 18.1. The summed E-state index contributed by atoms with van der Waals surface area (Å²) in [7, 11) is 1.51. The molecule has 0 amide bonds. The highest BCUT2D eigenvalue weighted by molar-refractivity contribution is 5.73. The number of hydrogen-bond donors (Lipinski definition) is 1. The zero-order valence-corrected chi connectivity index (χ0v) is 16.3. The van der Waals surface area contributed by atoms with Crippen molar-refractivity contribution < 1.29 is 9.53 Å². The van der Waals surface area contributed by atoms with Crippen molar-refractivity contribution in [2.75, 3.05) is 20.2 Å². The highest BCUT2D eigenvalue weighted by atomic mass is 16.5. The van der Waals surface area contributed by atoms with Crippen molar-refractivity contribution in [2.45, 2.75) is 57.8 Å². The van der Waals surface area contributed by atoms with Gasteiger partial charge in [0.1, 0.15) is 0 Å². The van der Waals surface area contributed by atoms with Gasteiger partial charge in [0.2, 0.25) is 0 Å². The first-order valence-electron chi connectivity index (χ1n) is 10.6. The van der Waals surface area contributed by atoms with E-state index in [1.807, 2.05) is 6.92 Å². The van der Waals surface area contributed by atoms with Gasteiger partial charge in [0.15, 0.2) is 0 Å². The van der Waals surface area contributed by atoms with E-state index in [2.05, 4.69) is 23.5 Å². The summed E-state index contributed by atoms with van der Waals surface area (Å²) in [5.74, 6) is 2.61. The Morgan fingerprint density at radius 3 is 2.54 bits per heavy atom. The van der Waals surface area contributed by atoms with Gasteiger partial charge in [-0.1, -0.05) is 25.1 Å². The lowest BCUT2D eigenvalue weighted by Gasteiger charge is -2.35. The molecule has 26 heavy (non-hydrogen) atoms. The number of carbonyl (C=O) groups is 1. The number of fused-ring (bicyclic) bond motifs is 1. The highest BCUT2D eigenvalue weighted by Crippen LogP contribution is 2.47. The minimum absolute atomic E-state index is 0.0469. The number of hydrogen-bond acceptors (Lipinski definition) is 3. The number of aryl methyl sites for hydroxylation is 1. The molecule has 1 aliphatic heterocycles. The quantitative estimate of drug-likeness (QED) is 0.809. The average Bonchev–Trinajstić information content (AvgIpc) is 3.52. The van der Waals surface area contributed by atoms with Crippen LogP contribution in [-0.2, 0) is 22.4 Å². The Morgan fingerprint density at radius 2 is 1.85 bits per heavy atom. The van der Waals surface area contributed by atoms with Gasteiger partial charge in [-0.3, -0.25) is 4.79 Å². The maximum absolute atomic E-state index is 12.2. The SMILES string of the molecule is COC(=O)[C@@H](C)[C@H](c1ccc2c(c1)CC(C1CCNCC1)CC2)C1CC1. The van der Waals surface area contributed by atoms with Gasteiger partial charge in [-0.15, -0.1) is 0 Å². The Morgan fingerprint density at radius 1 is 1.08 bits per heavy atom. The summed E-state index contributed by atoms with van der Waals surface area (Å²) in [6.45, 7) is 4.43. The first-order chi connectivity index (χ1) is 12.7. The van der Waals surface area contributed by atoms with Crippen molar-refractivity contribution in [2.24, 2.45) is 23.7 Å². The topological polar surface area (TPSA) is 38.3 Å². The smallest absolute Gasteiger partial charge is 0.309 e. The lowest BCUT2D eigenvalue weighted by Crippen LogP contribution is -2.33. The monoisotopic (exact) mass is 355 g/mol. The van der Waals surface area contributed by atoms with Crippen LogP contribution in [0.3, 0.4) is 0 Å². The predicted octanol–water partition coefficient (Wildman–Crippen LogP) is 4.09. The number of benzene rings is 1. The molecule has 2 fully saturated rings. The van der Waals surface area contributed by atoms with Gasteiger partial charge in [0.25, 0.3) is 0 Å². The van der Waals surface area contributed by atoms with E-state index in [4.69, 9.17) is 4.74 Å². The third-order valence-electron chi connectivity index (χ3n) is 7.17. The third-order valence-corrected chi connectivity index (χ3v) is 7.17. The molecule has 1 heterocycles. The number of rotatable bonds is 5. The van der Waals surface area contributed by atoms with E-state index >= 15 is 0 Å². The molecule has 0 aromatic heterocycles. The van der Waals surface area contributed by atoms with Gasteiger partial charge in [0, 0.05) is 0 Å². The second kappa shape index (κ2) is 7.72. The summed E-state index contributed by atoms with van der Waals surface area (Å²) in [4.78, 5) is 12.2. The molecule has 3 heteroatoms. The van der Waals surface area contributed by atoms with Crippen molar-refractivity contribution >= 4 is 5.97 Å². The lowest BCUT2D eigenvalue weighted by atomic mass is 9.72. The summed E-state index contributed by atoms with van der Waals surface area (Å²) in [5, 5.41) is 3.50. The molecule has 1 saturated carbocycles. The van der Waals surface area contributed by atoms with Crippen LogP contribution >= 0.6 is 0 Å². The number of piperidine rings is 1. The van der Waals surface area contributed by atoms with Crippen LogP contribution in [0.4, 0.5) is 0 Å². The molecule has 142 valence electrons. The van der Waals surface area contributed by atoms with E-state index in [0.717, 1.165) is 11.8 Å². The molecule has 3 nitrogen and oxygen atoms in total. The minimum Gasteiger partial charge on any atom is -0.469 e. The molecule has 3 atom stereocenters. The summed E-state index contributed by atoms with van der Waals surface area (Å²) in [5.41, 5.74) is 4.47. The number of carbonyl (C=O) groups excluding carboxylic acids is 1. The van der Waals surface area contributed by atoms with Crippen molar-refractivity contribution in [3.8, 4) is 0 Å². The molecule has 2 aliphatic carbocycles. The molecular formula is C23H33NO2. The fourth-order valence-corrected chi connectivity index (χ4v) is 5.49. The Bertz CT molecular complexity index is 646. The van der Waals surface area contributed by atoms with Gasteiger partial charge in [-0.25, -0.2) is 0 Å². The van der Waals surface area contributed by atoms with E-state index in [1.54, 1.807) is 11.1 Å². The Labute approximate surface area is 157 Å². The van der Waals surface area contributed by atoms with Gasteiger partial charge >= 0.3 is 5.97 Å². The van der Waals surface area contributed by atoms with Crippen molar-refractivity contribution in [1.29, 1.82) is 0 Å². The van der Waals surface area contributed by atoms with Gasteiger partial charge in [0.05, 0.1) is 13.0 Å². The first-order valence-corrected chi connectivity index (χ1v) is 10.6. The Balaban J connectivity index is 1.55. The van der Waals surface area contributed by atoms with Crippen LogP contribution in [0, 0.1) is 23.7 Å². The fourth-order valence-electron chi connectivity index (χ4n) is 5.49. The van der Waals surface area contributed by atoms with E-state index in [-0.39, 0.29) is 11.9 Å². The number of esters is 1. The van der Waals surface area contributed by atoms with E-state index in [0.29, 0.717) is 11.8 Å². The molecule has 1 saturated heterocycles. The van der Waals surface area contributed by atoms with E-state index in [9.17, 15) is 4.79 Å². The van der Waals surface area contributed by atoms with Crippen LogP contribution in [0.15, 0.2) is 18.2 Å². The van der Waals surface area contributed by atoms with Gasteiger partial charge < -0.3 is 10.1 Å². The molecule has 0 radical (unpaired) electrons. The van der Waals surface area contributed by atoms with Crippen molar-refractivity contribution in [3.63, 3.8) is 0 Å². The molecular weight excluding hydrogens is 322 g/mol. The third kappa shape index (κ3) is 3.69. The average molecular weight is 356 g/mol. The molecule has 0 bridgehead atoms. The summed E-state index contributed by atoms with van der Waals surface area (Å²) < 4.78 is 5.06. The minimum atomic E-state index is -0.0628. The van der Waals surface area contributed by atoms with E-state index < -0.39 is 0 Å². The van der Waals surface area contributed by atoms with Gasteiger partial charge in [-0.05, 0) is 98.4 Å². The molecule has 0 spiro atoms. The van der Waals surface area contributed by atoms with Crippen LogP contribution in [0.1, 0.15) is 61.6 Å². The molecule has 4 rings (SSSR count). The maximum Gasteiger partial charge on any atom is 0.309 e. The summed E-state index contributed by atoms with van der Waals surface area (Å²) >= 11 is 0. The summed E-state index contributed by atoms with van der Waals surface area (Å²) in [6, 6.07) is 7.10. The predicted molar refractivity (Wildman–Crippen MR) is 104 cm³/mol. The Kier molecular flexibility index (Phi) is 5.35. The Hall–Kier alpha value is -1.35. The largest absolute Gasteiger partial charge is 0.469 e. The van der Waals surface area contributed by atoms with Crippen LogP contribution in [-0.4, -0.2) is 26.2 Å². The maximum atomic E-state index is 12.2. The van der Waals surface area contributed by atoms with Gasteiger partial charge in [-0.2, -0.15) is 0 Å². The molecule has 1 unspecified atom stereocenters. The second-order valence-electron chi connectivity index (χ2n) is 8.79. The molecule has 1 N–H and O–H groups in total. The number of ether oxygens (including phenoxy) is 1.